The van der Waals surface area contributed by atoms with Crippen LogP contribution in [0.2, 0.25) is 0 Å². The molecule has 0 spiro atoms. The van der Waals surface area contributed by atoms with E-state index in [1.807, 2.05) is 54.7 Å². The number of thiocarbonyl (C=S) groups is 1. The second-order valence-corrected chi connectivity index (χ2v) is 9.39. The van der Waals surface area contributed by atoms with Crippen molar-refractivity contribution >= 4 is 68.7 Å². The minimum absolute atomic E-state index is 0.251. The van der Waals surface area contributed by atoms with Gasteiger partial charge in [0.2, 0.25) is 3.79 Å². The molecule has 0 unspecified atom stereocenters. The highest BCUT2D eigenvalue weighted by atomic mass is 35.6. The number of hydrogen-bond donors (Lipinski definition) is 1. The average Bonchev–Trinajstić information content (AvgIpc) is 3.18. The number of fused-ring (bicyclic) bond motifs is 1. The van der Waals surface area contributed by atoms with Gasteiger partial charge in [-0.3, -0.25) is 9.55 Å². The topological polar surface area (TPSA) is 42.7 Å². The Kier molecular flexibility index (Phi) is 6.25. The molecular weight excluding hydrogens is 459 g/mol. The number of aryl methyl sites for hydroxylation is 2. The highest BCUT2D eigenvalue weighted by Gasteiger charge is 2.31. The van der Waals surface area contributed by atoms with Crippen LogP contribution in [0.5, 0.6) is 0 Å². The first-order chi connectivity index (χ1) is 14.4. The van der Waals surface area contributed by atoms with Gasteiger partial charge in [-0.1, -0.05) is 83.3 Å². The summed E-state index contributed by atoms with van der Waals surface area (Å²) in [6.07, 6.45) is 5.07. The first-order valence-corrected chi connectivity index (χ1v) is 10.8. The molecule has 0 saturated carbocycles. The molecule has 2 aromatic heterocycles. The summed E-state index contributed by atoms with van der Waals surface area (Å²) in [5, 5.41) is 4.57. The van der Waals surface area contributed by atoms with E-state index in [2.05, 4.69) is 27.4 Å². The van der Waals surface area contributed by atoms with Crippen LogP contribution in [0, 0.1) is 0 Å². The lowest BCUT2D eigenvalue weighted by Crippen LogP contribution is -2.24. The number of imidazole rings is 1. The van der Waals surface area contributed by atoms with Gasteiger partial charge in [-0.2, -0.15) is 0 Å². The number of pyridine rings is 1. The fourth-order valence-electron chi connectivity index (χ4n) is 3.20. The summed E-state index contributed by atoms with van der Waals surface area (Å²) in [5.41, 5.74) is 3.58. The fourth-order valence-corrected chi connectivity index (χ4v) is 3.85. The number of nitrogens with one attached hydrogen (secondary N) is 1. The van der Waals surface area contributed by atoms with E-state index in [1.165, 1.54) is 5.56 Å². The number of para-hydroxylation sites is 1. The van der Waals surface area contributed by atoms with Gasteiger partial charge in [0.1, 0.15) is 0 Å². The van der Waals surface area contributed by atoms with Crippen LogP contribution in [0.15, 0.2) is 73.1 Å². The van der Waals surface area contributed by atoms with Crippen molar-refractivity contribution in [2.24, 2.45) is 0 Å². The lowest BCUT2D eigenvalue weighted by atomic mass is 10.1. The van der Waals surface area contributed by atoms with E-state index in [9.17, 15) is 0 Å². The van der Waals surface area contributed by atoms with Gasteiger partial charge in [0, 0.05) is 17.8 Å². The van der Waals surface area contributed by atoms with Crippen LogP contribution < -0.4 is 5.32 Å². The second-order valence-electron chi connectivity index (χ2n) is 6.72. The minimum atomic E-state index is -1.71. The molecule has 0 aliphatic carbocycles. The summed E-state index contributed by atoms with van der Waals surface area (Å²) in [5.74, 6) is 0.251. The monoisotopic (exact) mass is 474 g/mol. The third-order valence-corrected chi connectivity index (χ3v) is 5.42. The number of benzene rings is 2. The van der Waals surface area contributed by atoms with E-state index in [4.69, 9.17) is 47.0 Å². The molecule has 2 heterocycles. The molecule has 8 heteroatoms. The van der Waals surface area contributed by atoms with Gasteiger partial charge in [0.15, 0.2) is 10.9 Å². The van der Waals surface area contributed by atoms with E-state index in [0.29, 0.717) is 11.5 Å². The molecule has 4 nitrogen and oxygen atoms in total. The van der Waals surface area contributed by atoms with Crippen molar-refractivity contribution in [3.8, 4) is 0 Å². The SMILES string of the molecule is S=C(Nc1cccc2cccnc12)n1cc(CCc2ccccc2)nc1C(Cl)(Cl)Cl. The van der Waals surface area contributed by atoms with E-state index in [0.717, 1.165) is 28.7 Å². The van der Waals surface area contributed by atoms with E-state index < -0.39 is 3.79 Å². The van der Waals surface area contributed by atoms with Crippen molar-refractivity contribution in [3.05, 3.63) is 90.1 Å². The number of hydrogen-bond acceptors (Lipinski definition) is 3. The predicted molar refractivity (Wildman–Crippen MR) is 129 cm³/mol. The van der Waals surface area contributed by atoms with Gasteiger partial charge in [0.05, 0.1) is 16.9 Å². The number of alkyl halides is 3. The van der Waals surface area contributed by atoms with Crippen LogP contribution in [-0.4, -0.2) is 19.6 Å². The number of anilines is 1. The molecule has 0 saturated heterocycles. The fraction of sp³-hybridized carbons (Fsp3) is 0.136. The van der Waals surface area contributed by atoms with Gasteiger partial charge in [-0.15, -0.1) is 0 Å². The summed E-state index contributed by atoms with van der Waals surface area (Å²) in [4.78, 5) is 8.99. The van der Waals surface area contributed by atoms with Crippen molar-refractivity contribution in [3.63, 3.8) is 0 Å². The Bertz CT molecular complexity index is 1180. The summed E-state index contributed by atoms with van der Waals surface area (Å²) in [6, 6.07) is 19.9. The molecule has 0 bridgehead atoms. The normalized spacial score (nSPS) is 11.6. The summed E-state index contributed by atoms with van der Waals surface area (Å²) >= 11 is 24.2. The zero-order valence-electron chi connectivity index (χ0n) is 15.7. The molecule has 0 aliphatic heterocycles. The summed E-state index contributed by atoms with van der Waals surface area (Å²) in [6.45, 7) is 0. The van der Waals surface area contributed by atoms with Crippen molar-refractivity contribution in [2.45, 2.75) is 16.6 Å². The molecule has 0 atom stereocenters. The van der Waals surface area contributed by atoms with Gasteiger partial charge in [0.25, 0.3) is 0 Å². The molecule has 0 radical (unpaired) electrons. The van der Waals surface area contributed by atoms with Crippen molar-refractivity contribution in [1.29, 1.82) is 0 Å². The lowest BCUT2D eigenvalue weighted by molar-refractivity contribution is 0.906. The largest absolute Gasteiger partial charge is 0.330 e. The van der Waals surface area contributed by atoms with E-state index in [-0.39, 0.29) is 5.82 Å². The van der Waals surface area contributed by atoms with Crippen LogP contribution in [0.1, 0.15) is 17.1 Å². The van der Waals surface area contributed by atoms with Crippen molar-refractivity contribution in [1.82, 2.24) is 14.5 Å². The van der Waals surface area contributed by atoms with Crippen molar-refractivity contribution < 1.29 is 0 Å². The maximum Gasteiger partial charge on any atom is 0.248 e. The standard InChI is InChI=1S/C22H17Cl3N4S/c23-22(24,25)20-27-17(12-11-15-6-2-1-3-7-15)14-29(20)21(30)28-18-10-4-8-16-9-5-13-26-19(16)18/h1-10,13-14H,11-12H2,(H,28,30). The van der Waals surface area contributed by atoms with E-state index in [1.54, 1.807) is 10.8 Å². The molecular formula is C22H17Cl3N4S. The quantitative estimate of drug-likeness (QED) is 0.278. The van der Waals surface area contributed by atoms with Gasteiger partial charge >= 0.3 is 0 Å². The van der Waals surface area contributed by atoms with Crippen LogP contribution in [0.4, 0.5) is 5.69 Å². The van der Waals surface area contributed by atoms with Crippen LogP contribution in [0.25, 0.3) is 10.9 Å². The Morgan fingerprint density at radius 1 is 0.967 bits per heavy atom. The van der Waals surface area contributed by atoms with Gasteiger partial charge in [-0.05, 0) is 42.8 Å². The summed E-state index contributed by atoms with van der Waals surface area (Å²) < 4.78 is -0.0990. The van der Waals surface area contributed by atoms with Gasteiger partial charge in [-0.25, -0.2) is 4.98 Å². The Balaban J connectivity index is 1.61. The highest BCUT2D eigenvalue weighted by Crippen LogP contribution is 2.37. The number of halogens is 3. The first kappa shape index (κ1) is 21.1. The maximum atomic E-state index is 6.18. The number of rotatable bonds is 4. The molecule has 152 valence electrons. The Hall–Kier alpha value is -2.18. The number of aromatic nitrogens is 3. The van der Waals surface area contributed by atoms with E-state index >= 15 is 0 Å². The molecule has 1 N–H and O–H groups in total. The molecule has 30 heavy (non-hydrogen) atoms. The summed E-state index contributed by atoms with van der Waals surface area (Å²) in [7, 11) is 0. The maximum absolute atomic E-state index is 6.18. The third kappa shape index (κ3) is 4.76. The van der Waals surface area contributed by atoms with Crippen molar-refractivity contribution in [2.75, 3.05) is 5.32 Å². The second kappa shape index (κ2) is 8.90. The van der Waals surface area contributed by atoms with Crippen LogP contribution in [0.3, 0.4) is 0 Å². The molecule has 0 aliphatic rings. The third-order valence-electron chi connectivity index (χ3n) is 4.62. The average molecular weight is 476 g/mol. The smallest absolute Gasteiger partial charge is 0.248 e. The highest BCUT2D eigenvalue weighted by molar-refractivity contribution is 7.80. The molecule has 4 rings (SSSR count). The zero-order valence-corrected chi connectivity index (χ0v) is 18.8. The van der Waals surface area contributed by atoms with Crippen LogP contribution in [-0.2, 0) is 16.6 Å². The minimum Gasteiger partial charge on any atom is -0.330 e. The van der Waals surface area contributed by atoms with Crippen LogP contribution >= 0.6 is 47.0 Å². The Morgan fingerprint density at radius 3 is 2.50 bits per heavy atom. The molecule has 4 aromatic rings. The molecule has 0 fully saturated rings. The number of nitrogens with zero attached hydrogens (tertiary/aromatic N) is 3. The zero-order chi connectivity index (χ0) is 21.1. The molecule has 2 aromatic carbocycles. The molecule has 0 amide bonds. The van der Waals surface area contributed by atoms with Gasteiger partial charge < -0.3 is 5.32 Å². The first-order valence-electron chi connectivity index (χ1n) is 9.26. The predicted octanol–water partition coefficient (Wildman–Crippen LogP) is 6.29. The Labute approximate surface area is 194 Å². The Morgan fingerprint density at radius 2 is 1.73 bits per heavy atom. The lowest BCUT2D eigenvalue weighted by Gasteiger charge is -2.16.